The maximum Gasteiger partial charge on any atom is 0.117 e. The molecule has 0 spiro atoms. The first kappa shape index (κ1) is 14.6. The molecule has 0 atom stereocenters. The molecule has 2 heteroatoms. The van der Waals surface area contributed by atoms with Crippen LogP contribution >= 0.6 is 0 Å². The van der Waals surface area contributed by atoms with Crippen LogP contribution in [0.25, 0.3) is 0 Å². The van der Waals surface area contributed by atoms with Crippen LogP contribution in [-0.4, -0.2) is 16.8 Å². The molecule has 0 unspecified atom stereocenters. The SMILES string of the molecule is [Si]c1ccccc1OCC(c1ccccc1)c1ccccc1. The highest BCUT2D eigenvalue weighted by Crippen LogP contribution is 2.25. The van der Waals surface area contributed by atoms with Gasteiger partial charge < -0.3 is 4.74 Å². The van der Waals surface area contributed by atoms with Crippen LogP contribution in [0.2, 0.25) is 0 Å². The quantitative estimate of drug-likeness (QED) is 0.653. The fraction of sp³-hybridized carbons (Fsp3) is 0.100. The van der Waals surface area contributed by atoms with Crippen molar-refractivity contribution < 1.29 is 4.74 Å². The minimum absolute atomic E-state index is 0.216. The summed E-state index contributed by atoms with van der Waals surface area (Å²) in [7, 11) is 3.59. The second-order valence-corrected chi connectivity index (χ2v) is 5.72. The number of rotatable bonds is 5. The average Bonchev–Trinajstić information content (AvgIpc) is 2.59. The zero-order chi connectivity index (χ0) is 15.2. The van der Waals surface area contributed by atoms with Gasteiger partial charge in [-0.15, -0.1) is 0 Å². The molecule has 0 aliphatic carbocycles. The van der Waals surface area contributed by atoms with Gasteiger partial charge in [0.25, 0.3) is 0 Å². The smallest absolute Gasteiger partial charge is 0.117 e. The fourth-order valence-corrected chi connectivity index (χ4v) is 2.77. The zero-order valence-corrected chi connectivity index (χ0v) is 13.3. The molecule has 107 valence electrons. The van der Waals surface area contributed by atoms with Crippen molar-refractivity contribution in [1.29, 1.82) is 0 Å². The standard InChI is InChI=1S/C20H17OSi/c22-20-14-8-7-13-19(20)21-15-18(16-9-3-1-4-10-16)17-11-5-2-6-12-17/h1-14,18H,15H2. The summed E-state index contributed by atoms with van der Waals surface area (Å²) in [6.07, 6.45) is 0. The Kier molecular flexibility index (Phi) is 4.71. The zero-order valence-electron chi connectivity index (χ0n) is 12.3. The molecule has 3 radical (unpaired) electrons. The Bertz CT molecular complexity index is 671. The molecule has 0 saturated carbocycles. The molecule has 0 bridgehead atoms. The van der Waals surface area contributed by atoms with Crippen LogP contribution in [0.15, 0.2) is 84.9 Å². The largest absolute Gasteiger partial charge is 0.493 e. The molecule has 0 saturated heterocycles. The Hall–Kier alpha value is -2.32. The first-order valence-corrected chi connectivity index (χ1v) is 7.88. The second kappa shape index (κ2) is 7.10. The second-order valence-electron chi connectivity index (χ2n) is 5.18. The van der Waals surface area contributed by atoms with Gasteiger partial charge in [-0.3, -0.25) is 0 Å². The van der Waals surface area contributed by atoms with Gasteiger partial charge in [0.2, 0.25) is 0 Å². The van der Waals surface area contributed by atoms with Gasteiger partial charge in [-0.2, -0.15) is 0 Å². The molecule has 3 rings (SSSR count). The lowest BCUT2D eigenvalue weighted by Gasteiger charge is -2.19. The highest BCUT2D eigenvalue weighted by Gasteiger charge is 2.15. The van der Waals surface area contributed by atoms with Crippen LogP contribution in [0.1, 0.15) is 17.0 Å². The highest BCUT2D eigenvalue weighted by molar-refractivity contribution is 6.34. The summed E-state index contributed by atoms with van der Waals surface area (Å²) in [5.74, 6) is 1.09. The Morgan fingerprint density at radius 1 is 0.682 bits per heavy atom. The van der Waals surface area contributed by atoms with E-state index in [1.165, 1.54) is 11.1 Å². The topological polar surface area (TPSA) is 9.23 Å². The molecule has 0 aromatic heterocycles. The van der Waals surface area contributed by atoms with Gasteiger partial charge in [0.1, 0.15) is 5.75 Å². The van der Waals surface area contributed by atoms with E-state index in [9.17, 15) is 0 Å². The van der Waals surface area contributed by atoms with E-state index in [0.717, 1.165) is 10.9 Å². The molecule has 0 fully saturated rings. The molecular formula is C20H17OSi. The number of ether oxygens (including phenoxy) is 1. The molecule has 0 aliphatic rings. The monoisotopic (exact) mass is 301 g/mol. The Labute approximate surface area is 135 Å². The van der Waals surface area contributed by atoms with Gasteiger partial charge in [0.15, 0.2) is 0 Å². The maximum absolute atomic E-state index is 6.06. The molecule has 1 nitrogen and oxygen atoms in total. The minimum atomic E-state index is 0.216. The molecule has 0 aliphatic heterocycles. The van der Waals surface area contributed by atoms with Gasteiger partial charge in [0.05, 0.1) is 16.8 Å². The van der Waals surface area contributed by atoms with Crippen LogP contribution in [-0.2, 0) is 0 Å². The van der Waals surface area contributed by atoms with Gasteiger partial charge >= 0.3 is 0 Å². The summed E-state index contributed by atoms with van der Waals surface area (Å²) in [5, 5.41) is 0.974. The van der Waals surface area contributed by atoms with Crippen LogP contribution in [0.3, 0.4) is 0 Å². The van der Waals surface area contributed by atoms with E-state index in [-0.39, 0.29) is 5.92 Å². The third-order valence-electron chi connectivity index (χ3n) is 3.70. The van der Waals surface area contributed by atoms with Gasteiger partial charge in [0, 0.05) is 5.92 Å². The fourth-order valence-electron chi connectivity index (χ4n) is 2.52. The van der Waals surface area contributed by atoms with Gasteiger partial charge in [-0.25, -0.2) is 0 Å². The molecule has 3 aromatic rings. The van der Waals surface area contributed by atoms with Crippen molar-refractivity contribution in [1.82, 2.24) is 0 Å². The first-order chi connectivity index (χ1) is 10.8. The molecule has 22 heavy (non-hydrogen) atoms. The Morgan fingerprint density at radius 3 is 1.73 bits per heavy atom. The summed E-state index contributed by atoms with van der Waals surface area (Å²) >= 11 is 0. The summed E-state index contributed by atoms with van der Waals surface area (Å²) < 4.78 is 6.06. The van der Waals surface area contributed by atoms with Crippen LogP contribution in [0.4, 0.5) is 0 Å². The van der Waals surface area contributed by atoms with Crippen molar-refractivity contribution in [2.24, 2.45) is 0 Å². The third kappa shape index (κ3) is 3.46. The van der Waals surface area contributed by atoms with Crippen LogP contribution in [0, 0.1) is 0 Å². The van der Waals surface area contributed by atoms with E-state index in [2.05, 4.69) is 58.8 Å². The Morgan fingerprint density at radius 2 is 1.18 bits per heavy atom. The van der Waals surface area contributed by atoms with Crippen molar-refractivity contribution >= 4 is 15.4 Å². The third-order valence-corrected chi connectivity index (χ3v) is 4.11. The lowest BCUT2D eigenvalue weighted by Crippen LogP contribution is -2.16. The lowest BCUT2D eigenvalue weighted by atomic mass is 9.92. The summed E-state index contributed by atoms with van der Waals surface area (Å²) in [6, 6.07) is 28.9. The van der Waals surface area contributed by atoms with Crippen molar-refractivity contribution in [2.75, 3.05) is 6.61 Å². The lowest BCUT2D eigenvalue weighted by molar-refractivity contribution is 0.305. The summed E-state index contributed by atoms with van der Waals surface area (Å²) in [6.45, 7) is 0.607. The van der Waals surface area contributed by atoms with E-state index in [0.29, 0.717) is 6.61 Å². The van der Waals surface area contributed by atoms with Gasteiger partial charge in [-0.1, -0.05) is 78.9 Å². The van der Waals surface area contributed by atoms with E-state index in [4.69, 9.17) is 4.74 Å². The van der Waals surface area contributed by atoms with Gasteiger partial charge in [-0.05, 0) is 22.4 Å². The predicted octanol–water partition coefficient (Wildman–Crippen LogP) is 3.69. The van der Waals surface area contributed by atoms with E-state index in [1.807, 2.05) is 36.4 Å². The molecular weight excluding hydrogens is 284 g/mol. The number of benzene rings is 3. The summed E-state index contributed by atoms with van der Waals surface area (Å²) in [4.78, 5) is 0. The molecule has 0 heterocycles. The molecule has 3 aromatic carbocycles. The Balaban J connectivity index is 1.85. The van der Waals surface area contributed by atoms with Crippen LogP contribution in [0.5, 0.6) is 5.75 Å². The molecule has 0 N–H and O–H groups in total. The van der Waals surface area contributed by atoms with E-state index >= 15 is 0 Å². The minimum Gasteiger partial charge on any atom is -0.493 e. The van der Waals surface area contributed by atoms with Crippen LogP contribution < -0.4 is 9.92 Å². The highest BCUT2D eigenvalue weighted by atomic mass is 28.1. The molecule has 0 amide bonds. The average molecular weight is 301 g/mol. The summed E-state index contributed by atoms with van der Waals surface area (Å²) in [5.41, 5.74) is 2.53. The first-order valence-electron chi connectivity index (χ1n) is 7.38. The number of hydrogen-bond donors (Lipinski definition) is 0. The van der Waals surface area contributed by atoms with Crippen molar-refractivity contribution in [2.45, 2.75) is 5.92 Å². The predicted molar refractivity (Wildman–Crippen MR) is 92.1 cm³/mol. The van der Waals surface area contributed by atoms with Crippen molar-refractivity contribution in [3.05, 3.63) is 96.1 Å². The van der Waals surface area contributed by atoms with Crippen molar-refractivity contribution in [3.63, 3.8) is 0 Å². The maximum atomic E-state index is 6.06. The normalized spacial score (nSPS) is 10.6. The van der Waals surface area contributed by atoms with E-state index in [1.54, 1.807) is 0 Å². The van der Waals surface area contributed by atoms with Crippen molar-refractivity contribution in [3.8, 4) is 5.75 Å². The number of para-hydroxylation sites is 1. The van der Waals surface area contributed by atoms with E-state index < -0.39 is 0 Å². The number of hydrogen-bond acceptors (Lipinski definition) is 1.